The number of nitrogen functional groups attached to an aromatic ring is 1. The number of anilines is 2. The molecule has 100 valence electrons. The molecule has 4 nitrogen and oxygen atoms in total. The fraction of sp³-hybridized carbons (Fsp3) is 0.500. The lowest BCUT2D eigenvalue weighted by molar-refractivity contribution is 0.0846. The summed E-state index contributed by atoms with van der Waals surface area (Å²) in [5, 5.41) is 0. The lowest BCUT2D eigenvalue weighted by atomic mass is 10.1. The fourth-order valence-electron chi connectivity index (χ4n) is 1.64. The lowest BCUT2D eigenvalue weighted by Crippen LogP contribution is -2.24. The van der Waals surface area contributed by atoms with Gasteiger partial charge in [-0.25, -0.2) is 0 Å². The molecule has 18 heavy (non-hydrogen) atoms. The van der Waals surface area contributed by atoms with E-state index in [2.05, 4.69) is 0 Å². The lowest BCUT2D eigenvalue weighted by Gasteiger charge is -2.21. The van der Waals surface area contributed by atoms with Crippen LogP contribution in [-0.4, -0.2) is 32.1 Å². The quantitative estimate of drug-likeness (QED) is 0.622. The van der Waals surface area contributed by atoms with Crippen molar-refractivity contribution in [1.82, 2.24) is 0 Å². The first-order valence-electron chi connectivity index (χ1n) is 6.15. The molecule has 0 amide bonds. The van der Waals surface area contributed by atoms with E-state index in [1.807, 2.05) is 37.9 Å². The first-order chi connectivity index (χ1) is 8.41. The number of ketones is 1. The number of carbonyl (C=O) groups is 1. The number of benzene rings is 1. The fourth-order valence-corrected chi connectivity index (χ4v) is 1.64. The van der Waals surface area contributed by atoms with Crippen LogP contribution in [0.3, 0.4) is 0 Å². The highest BCUT2D eigenvalue weighted by Gasteiger charge is 2.08. The molecule has 1 aromatic carbocycles. The Morgan fingerprint density at radius 3 is 2.67 bits per heavy atom. The van der Waals surface area contributed by atoms with E-state index in [1.165, 1.54) is 6.92 Å². The summed E-state index contributed by atoms with van der Waals surface area (Å²) >= 11 is 0. The molecule has 0 aromatic heterocycles. The molecular formula is C14H22N2O2. The molecule has 0 heterocycles. The Labute approximate surface area is 109 Å². The number of carbonyl (C=O) groups excluding carboxylic acids is 1. The van der Waals surface area contributed by atoms with E-state index < -0.39 is 0 Å². The van der Waals surface area contributed by atoms with Crippen molar-refractivity contribution < 1.29 is 9.53 Å². The minimum absolute atomic E-state index is 0.0128. The van der Waals surface area contributed by atoms with Crippen LogP contribution in [0.4, 0.5) is 11.4 Å². The van der Waals surface area contributed by atoms with Crippen molar-refractivity contribution in [2.75, 3.05) is 30.8 Å². The third-order valence-corrected chi connectivity index (χ3v) is 2.73. The average Bonchev–Trinajstić information content (AvgIpc) is 2.28. The standard InChI is InChI=1S/C14H22N2O2/c1-10(2)18-8-7-16(4)12-5-6-14(15)13(9-12)11(3)17/h5-6,9-10H,7-8,15H2,1-4H3. The number of nitrogens with zero attached hydrogens (tertiary/aromatic N) is 1. The van der Waals surface area contributed by atoms with Gasteiger partial charge in [0.2, 0.25) is 0 Å². The van der Waals surface area contributed by atoms with Crippen molar-refractivity contribution in [3.8, 4) is 0 Å². The van der Waals surface area contributed by atoms with Crippen LogP contribution in [0.15, 0.2) is 18.2 Å². The molecule has 0 spiro atoms. The molecule has 0 aliphatic rings. The van der Waals surface area contributed by atoms with E-state index >= 15 is 0 Å². The largest absolute Gasteiger partial charge is 0.398 e. The van der Waals surface area contributed by atoms with Crippen molar-refractivity contribution in [3.05, 3.63) is 23.8 Å². The van der Waals surface area contributed by atoms with Gasteiger partial charge in [-0.05, 0) is 39.0 Å². The second-order valence-corrected chi connectivity index (χ2v) is 4.67. The molecular weight excluding hydrogens is 228 g/mol. The van der Waals surface area contributed by atoms with Crippen molar-refractivity contribution in [2.45, 2.75) is 26.9 Å². The Morgan fingerprint density at radius 2 is 2.11 bits per heavy atom. The van der Waals surface area contributed by atoms with E-state index in [0.29, 0.717) is 17.9 Å². The van der Waals surface area contributed by atoms with Crippen molar-refractivity contribution >= 4 is 17.2 Å². The van der Waals surface area contributed by atoms with E-state index in [1.54, 1.807) is 6.07 Å². The van der Waals surface area contributed by atoms with Crippen molar-refractivity contribution in [1.29, 1.82) is 0 Å². The minimum atomic E-state index is -0.0128. The molecule has 0 atom stereocenters. The third kappa shape index (κ3) is 4.04. The van der Waals surface area contributed by atoms with Gasteiger partial charge >= 0.3 is 0 Å². The van der Waals surface area contributed by atoms with Gasteiger partial charge in [-0.3, -0.25) is 4.79 Å². The summed E-state index contributed by atoms with van der Waals surface area (Å²) in [5.74, 6) is -0.0128. The summed E-state index contributed by atoms with van der Waals surface area (Å²) in [6.45, 7) is 6.99. The van der Waals surface area contributed by atoms with Gasteiger partial charge in [0.25, 0.3) is 0 Å². The smallest absolute Gasteiger partial charge is 0.161 e. The maximum atomic E-state index is 11.4. The summed E-state index contributed by atoms with van der Waals surface area (Å²) in [6, 6.07) is 5.51. The van der Waals surface area contributed by atoms with Crippen LogP contribution in [0, 0.1) is 0 Å². The third-order valence-electron chi connectivity index (χ3n) is 2.73. The molecule has 0 aliphatic carbocycles. The van der Waals surface area contributed by atoms with Crippen LogP contribution in [0.1, 0.15) is 31.1 Å². The van der Waals surface area contributed by atoms with E-state index in [-0.39, 0.29) is 11.9 Å². The van der Waals surface area contributed by atoms with Gasteiger partial charge in [0.1, 0.15) is 0 Å². The monoisotopic (exact) mass is 250 g/mol. The van der Waals surface area contributed by atoms with Crippen LogP contribution >= 0.6 is 0 Å². The predicted octanol–water partition coefficient (Wildman–Crippen LogP) is 2.33. The zero-order valence-corrected chi connectivity index (χ0v) is 11.6. The van der Waals surface area contributed by atoms with Crippen LogP contribution in [-0.2, 0) is 4.74 Å². The number of hydrogen-bond donors (Lipinski definition) is 1. The van der Waals surface area contributed by atoms with E-state index in [9.17, 15) is 4.79 Å². The van der Waals surface area contributed by atoms with Crippen LogP contribution < -0.4 is 10.6 Å². The number of likely N-dealkylation sites (N-methyl/N-ethyl adjacent to an activating group) is 1. The van der Waals surface area contributed by atoms with Crippen LogP contribution in [0.5, 0.6) is 0 Å². The molecule has 0 fully saturated rings. The zero-order valence-electron chi connectivity index (χ0n) is 11.6. The summed E-state index contributed by atoms with van der Waals surface area (Å²) in [6.07, 6.45) is 0.234. The molecule has 0 saturated carbocycles. The minimum Gasteiger partial charge on any atom is -0.398 e. The van der Waals surface area contributed by atoms with Gasteiger partial charge in [-0.2, -0.15) is 0 Å². The first-order valence-corrected chi connectivity index (χ1v) is 6.15. The van der Waals surface area contributed by atoms with Gasteiger partial charge in [-0.15, -0.1) is 0 Å². The zero-order chi connectivity index (χ0) is 13.7. The predicted molar refractivity (Wildman–Crippen MR) is 75.2 cm³/mol. The van der Waals surface area contributed by atoms with Crippen molar-refractivity contribution in [3.63, 3.8) is 0 Å². The maximum Gasteiger partial charge on any atom is 0.161 e. The molecule has 0 saturated heterocycles. The van der Waals surface area contributed by atoms with Crippen LogP contribution in [0.2, 0.25) is 0 Å². The average molecular weight is 250 g/mol. The summed E-state index contributed by atoms with van der Waals surface area (Å²) in [4.78, 5) is 13.5. The number of rotatable bonds is 6. The number of nitrogens with two attached hydrogens (primary N) is 1. The highest BCUT2D eigenvalue weighted by Crippen LogP contribution is 2.20. The molecule has 1 aromatic rings. The number of Topliss-reactive ketones (excluding diaryl/α,β-unsaturated/α-hetero) is 1. The van der Waals surface area contributed by atoms with Gasteiger partial charge < -0.3 is 15.4 Å². The molecule has 0 aliphatic heterocycles. The number of hydrogen-bond acceptors (Lipinski definition) is 4. The molecule has 1 rings (SSSR count). The summed E-state index contributed by atoms with van der Waals surface area (Å²) < 4.78 is 5.50. The Hall–Kier alpha value is -1.55. The summed E-state index contributed by atoms with van der Waals surface area (Å²) in [5.41, 5.74) is 7.84. The highest BCUT2D eigenvalue weighted by atomic mass is 16.5. The Morgan fingerprint density at radius 1 is 1.44 bits per heavy atom. The summed E-state index contributed by atoms with van der Waals surface area (Å²) in [7, 11) is 1.97. The Kier molecular flexibility index (Phi) is 5.16. The second-order valence-electron chi connectivity index (χ2n) is 4.67. The van der Waals surface area contributed by atoms with Gasteiger partial charge in [0.15, 0.2) is 5.78 Å². The van der Waals surface area contributed by atoms with Crippen molar-refractivity contribution in [2.24, 2.45) is 0 Å². The SMILES string of the molecule is CC(=O)c1cc(N(C)CCOC(C)C)ccc1N. The number of ether oxygens (including phenoxy) is 1. The topological polar surface area (TPSA) is 55.6 Å². The molecule has 2 N–H and O–H groups in total. The normalized spacial score (nSPS) is 10.7. The maximum absolute atomic E-state index is 11.4. The molecule has 0 radical (unpaired) electrons. The van der Waals surface area contributed by atoms with E-state index in [4.69, 9.17) is 10.5 Å². The highest BCUT2D eigenvalue weighted by molar-refractivity contribution is 6.00. The molecule has 4 heteroatoms. The Bertz CT molecular complexity index is 416. The first kappa shape index (κ1) is 14.5. The Balaban J connectivity index is 2.71. The van der Waals surface area contributed by atoms with Gasteiger partial charge in [-0.1, -0.05) is 0 Å². The second kappa shape index (κ2) is 6.40. The molecule has 0 bridgehead atoms. The van der Waals surface area contributed by atoms with Gasteiger partial charge in [0, 0.05) is 30.5 Å². The van der Waals surface area contributed by atoms with E-state index in [0.717, 1.165) is 12.2 Å². The van der Waals surface area contributed by atoms with Crippen LogP contribution in [0.25, 0.3) is 0 Å². The van der Waals surface area contributed by atoms with Gasteiger partial charge in [0.05, 0.1) is 12.7 Å². The molecule has 0 unspecified atom stereocenters.